The summed E-state index contributed by atoms with van der Waals surface area (Å²) >= 11 is 0. The Labute approximate surface area is 221 Å². The summed E-state index contributed by atoms with van der Waals surface area (Å²) < 4.78 is 5.30. The fourth-order valence-electron chi connectivity index (χ4n) is 4.45. The van der Waals surface area contributed by atoms with E-state index in [0.717, 1.165) is 42.5 Å². The quantitative estimate of drug-likeness (QED) is 0.434. The minimum Gasteiger partial charge on any atom is -0.497 e. The van der Waals surface area contributed by atoms with Crippen molar-refractivity contribution in [2.24, 2.45) is 5.92 Å². The van der Waals surface area contributed by atoms with Crippen LogP contribution in [0.1, 0.15) is 34.1 Å². The Balaban J connectivity index is 1.56. The van der Waals surface area contributed by atoms with Gasteiger partial charge in [-0.1, -0.05) is 39.8 Å². The van der Waals surface area contributed by atoms with Crippen molar-refractivity contribution in [2.75, 3.05) is 70.9 Å². The number of anilines is 1. The van der Waals surface area contributed by atoms with E-state index in [2.05, 4.69) is 33.8 Å². The molecular formula is C28H42N6O3. The number of amides is 2. The third kappa shape index (κ3) is 8.15. The van der Waals surface area contributed by atoms with Gasteiger partial charge in [-0.25, -0.2) is 0 Å². The number of nitrogens with zero attached hydrogens (tertiary/aromatic N) is 6. The van der Waals surface area contributed by atoms with Crippen LogP contribution in [-0.4, -0.2) is 103 Å². The van der Waals surface area contributed by atoms with Crippen molar-refractivity contribution < 1.29 is 14.3 Å². The van der Waals surface area contributed by atoms with Crippen molar-refractivity contribution in [1.82, 2.24) is 24.9 Å². The van der Waals surface area contributed by atoms with E-state index < -0.39 is 0 Å². The van der Waals surface area contributed by atoms with Crippen LogP contribution in [0, 0.1) is 5.92 Å². The highest BCUT2D eigenvalue weighted by Crippen LogP contribution is 2.23. The predicted molar refractivity (Wildman–Crippen MR) is 147 cm³/mol. The summed E-state index contributed by atoms with van der Waals surface area (Å²) in [6.45, 7) is 14.2. The summed E-state index contributed by atoms with van der Waals surface area (Å²) in [4.78, 5) is 34.0. The Morgan fingerprint density at radius 3 is 2.32 bits per heavy atom. The van der Waals surface area contributed by atoms with Crippen LogP contribution in [0.15, 0.2) is 36.4 Å². The number of hydrogen-bond donors (Lipinski definition) is 0. The van der Waals surface area contributed by atoms with Crippen molar-refractivity contribution in [2.45, 2.75) is 34.1 Å². The standard InChI is InChI=1S/C28H42N6O3/c1-6-31(7-2)13-14-34(27(35)19-22(3)4)21-28(36)33-17-15-32(16-18-33)26-12-11-25(29-30-26)23-9-8-10-24(20-23)37-5/h8-12,20,22H,6-7,13-19,21H2,1-5H3. The van der Waals surface area contributed by atoms with Crippen LogP contribution < -0.4 is 9.64 Å². The lowest BCUT2D eigenvalue weighted by atomic mass is 10.1. The zero-order chi connectivity index (χ0) is 26.8. The van der Waals surface area contributed by atoms with Crippen molar-refractivity contribution in [3.8, 4) is 17.0 Å². The molecular weight excluding hydrogens is 468 g/mol. The molecule has 3 rings (SSSR count). The SMILES string of the molecule is CCN(CC)CCN(CC(=O)N1CCN(c2ccc(-c3cccc(OC)c3)nn2)CC1)C(=O)CC(C)C. The minimum atomic E-state index is 0.00996. The molecule has 37 heavy (non-hydrogen) atoms. The van der Waals surface area contributed by atoms with Crippen LogP contribution in [0.25, 0.3) is 11.3 Å². The van der Waals surface area contributed by atoms with E-state index in [1.54, 1.807) is 12.0 Å². The zero-order valence-corrected chi connectivity index (χ0v) is 23.0. The maximum absolute atomic E-state index is 13.1. The first kappa shape index (κ1) is 28.4. The lowest BCUT2D eigenvalue weighted by Gasteiger charge is -2.36. The molecule has 202 valence electrons. The van der Waals surface area contributed by atoms with Crippen LogP contribution in [0.3, 0.4) is 0 Å². The van der Waals surface area contributed by atoms with Crippen LogP contribution in [0.2, 0.25) is 0 Å². The molecule has 2 heterocycles. The van der Waals surface area contributed by atoms with Gasteiger partial charge in [0.1, 0.15) is 5.75 Å². The van der Waals surface area contributed by atoms with Gasteiger partial charge in [-0.05, 0) is 43.3 Å². The molecule has 0 atom stereocenters. The second kappa shape index (κ2) is 13.9. The number of methoxy groups -OCH3 is 1. The molecule has 1 aromatic carbocycles. The largest absolute Gasteiger partial charge is 0.497 e. The van der Waals surface area contributed by atoms with Crippen molar-refractivity contribution in [3.63, 3.8) is 0 Å². The molecule has 0 bridgehead atoms. The number of hydrogen-bond acceptors (Lipinski definition) is 7. The van der Waals surface area contributed by atoms with Gasteiger partial charge >= 0.3 is 0 Å². The fraction of sp³-hybridized carbons (Fsp3) is 0.571. The summed E-state index contributed by atoms with van der Waals surface area (Å²) in [6.07, 6.45) is 0.462. The number of piperazine rings is 1. The molecule has 2 aromatic rings. The Hall–Kier alpha value is -3.20. The van der Waals surface area contributed by atoms with Gasteiger partial charge in [0.25, 0.3) is 0 Å². The number of rotatable bonds is 12. The molecule has 0 unspecified atom stereocenters. The van der Waals surface area contributed by atoms with E-state index >= 15 is 0 Å². The van der Waals surface area contributed by atoms with Gasteiger partial charge < -0.3 is 24.3 Å². The van der Waals surface area contributed by atoms with Gasteiger partial charge in [0.05, 0.1) is 19.3 Å². The molecule has 0 saturated carbocycles. The van der Waals surface area contributed by atoms with Gasteiger partial charge in [0, 0.05) is 51.3 Å². The van der Waals surface area contributed by atoms with Crippen LogP contribution in [0.4, 0.5) is 5.82 Å². The Morgan fingerprint density at radius 1 is 1.00 bits per heavy atom. The smallest absolute Gasteiger partial charge is 0.242 e. The average molecular weight is 511 g/mol. The molecule has 1 aromatic heterocycles. The second-order valence-electron chi connectivity index (χ2n) is 9.82. The van der Waals surface area contributed by atoms with Gasteiger partial charge in [0.2, 0.25) is 11.8 Å². The number of carbonyl (C=O) groups is 2. The normalized spacial score (nSPS) is 13.8. The number of benzene rings is 1. The first-order valence-corrected chi connectivity index (χ1v) is 13.4. The zero-order valence-electron chi connectivity index (χ0n) is 23.0. The third-order valence-electron chi connectivity index (χ3n) is 6.81. The molecule has 1 aliphatic heterocycles. The topological polar surface area (TPSA) is 82.1 Å². The highest BCUT2D eigenvalue weighted by Gasteiger charge is 2.26. The first-order valence-electron chi connectivity index (χ1n) is 13.4. The molecule has 0 spiro atoms. The molecule has 0 aliphatic carbocycles. The maximum Gasteiger partial charge on any atom is 0.242 e. The lowest BCUT2D eigenvalue weighted by molar-refractivity contribution is -0.141. The van der Waals surface area contributed by atoms with E-state index in [0.29, 0.717) is 39.1 Å². The van der Waals surface area contributed by atoms with Crippen molar-refractivity contribution >= 4 is 17.6 Å². The van der Waals surface area contributed by atoms with Gasteiger partial charge in [-0.3, -0.25) is 9.59 Å². The molecule has 1 fully saturated rings. The number of likely N-dealkylation sites (N-methyl/N-ethyl adjacent to an activating group) is 1. The van der Waals surface area contributed by atoms with Gasteiger partial charge in [-0.2, -0.15) is 0 Å². The molecule has 0 radical (unpaired) electrons. The van der Waals surface area contributed by atoms with E-state index in [-0.39, 0.29) is 24.3 Å². The Bertz CT molecular complexity index is 1000. The van der Waals surface area contributed by atoms with Crippen LogP contribution >= 0.6 is 0 Å². The Kier molecular flexibility index (Phi) is 10.7. The molecule has 9 nitrogen and oxygen atoms in total. The van der Waals surface area contributed by atoms with E-state index in [4.69, 9.17) is 4.74 Å². The average Bonchev–Trinajstić information content (AvgIpc) is 2.92. The van der Waals surface area contributed by atoms with Gasteiger partial charge in [-0.15, -0.1) is 10.2 Å². The maximum atomic E-state index is 13.1. The number of ether oxygens (including phenoxy) is 1. The predicted octanol–water partition coefficient (Wildman–Crippen LogP) is 3.02. The fourth-order valence-corrected chi connectivity index (χ4v) is 4.45. The van der Waals surface area contributed by atoms with E-state index in [1.807, 2.05) is 55.1 Å². The third-order valence-corrected chi connectivity index (χ3v) is 6.81. The van der Waals surface area contributed by atoms with Crippen molar-refractivity contribution in [1.29, 1.82) is 0 Å². The van der Waals surface area contributed by atoms with Crippen molar-refractivity contribution in [3.05, 3.63) is 36.4 Å². The molecule has 1 aliphatic rings. The van der Waals surface area contributed by atoms with Crippen LogP contribution in [-0.2, 0) is 9.59 Å². The molecule has 2 amide bonds. The minimum absolute atomic E-state index is 0.00996. The number of aromatic nitrogens is 2. The van der Waals surface area contributed by atoms with Crippen LogP contribution in [0.5, 0.6) is 5.75 Å². The number of carbonyl (C=O) groups excluding carboxylic acids is 2. The summed E-state index contributed by atoms with van der Waals surface area (Å²) in [5.41, 5.74) is 1.73. The highest BCUT2D eigenvalue weighted by molar-refractivity contribution is 5.85. The second-order valence-corrected chi connectivity index (χ2v) is 9.82. The first-order chi connectivity index (χ1) is 17.8. The lowest BCUT2D eigenvalue weighted by Crippen LogP contribution is -2.52. The van der Waals surface area contributed by atoms with E-state index in [9.17, 15) is 9.59 Å². The summed E-state index contributed by atoms with van der Waals surface area (Å²) in [6, 6.07) is 11.7. The highest BCUT2D eigenvalue weighted by atomic mass is 16.5. The Morgan fingerprint density at radius 2 is 1.73 bits per heavy atom. The van der Waals surface area contributed by atoms with Gasteiger partial charge in [0.15, 0.2) is 5.82 Å². The summed E-state index contributed by atoms with van der Waals surface area (Å²) in [5, 5.41) is 8.84. The monoisotopic (exact) mass is 510 g/mol. The molecule has 1 saturated heterocycles. The molecule has 9 heteroatoms. The summed E-state index contributed by atoms with van der Waals surface area (Å²) in [7, 11) is 1.64. The molecule has 0 N–H and O–H groups in total. The summed E-state index contributed by atoms with van der Waals surface area (Å²) in [5.74, 6) is 1.91. The van der Waals surface area contributed by atoms with E-state index in [1.165, 1.54) is 0 Å².